The molecule has 2 aromatic carbocycles. The molecule has 258 valence electrons. The van der Waals surface area contributed by atoms with Gasteiger partial charge in [0.15, 0.2) is 5.78 Å². The third-order valence-corrected chi connectivity index (χ3v) is 11.0. The van der Waals surface area contributed by atoms with Gasteiger partial charge in [-0.1, -0.05) is 62.1 Å². The van der Waals surface area contributed by atoms with Crippen LogP contribution in [0.2, 0.25) is 5.02 Å². The molecule has 0 spiro atoms. The summed E-state index contributed by atoms with van der Waals surface area (Å²) in [6.07, 6.45) is 8.96. The van der Waals surface area contributed by atoms with Gasteiger partial charge in [0.05, 0.1) is 27.3 Å². The number of fused-ring (bicyclic) bond motifs is 2. The Labute approximate surface area is 292 Å². The molecule has 3 amide bonds. The van der Waals surface area contributed by atoms with Crippen LogP contribution in [-0.2, 0) is 32.0 Å². The fraction of sp³-hybridized carbons (Fsp3) is 0.541. The Kier molecular flexibility index (Phi) is 13.0. The highest BCUT2D eigenvalue weighted by atomic mass is 35.5. The fourth-order valence-corrected chi connectivity index (χ4v) is 8.43. The van der Waals surface area contributed by atoms with Crippen molar-refractivity contribution in [2.75, 3.05) is 6.54 Å². The number of halogens is 1. The van der Waals surface area contributed by atoms with Gasteiger partial charge in [-0.05, 0) is 86.7 Å². The molecular weight excluding hydrogens is 646 g/mol. The normalized spacial score (nSPS) is 18.1. The Hall–Kier alpha value is -3.34. The summed E-state index contributed by atoms with van der Waals surface area (Å²) in [6.45, 7) is 2.25. The smallest absolute Gasteiger partial charge is 0.243 e. The third-order valence-electron chi connectivity index (χ3n) is 9.77. The molecule has 5 rings (SSSR count). The zero-order valence-electron chi connectivity index (χ0n) is 27.8. The molecule has 0 bridgehead atoms. The molecule has 3 aromatic rings. The highest BCUT2D eigenvalue weighted by Gasteiger charge is 2.36. The van der Waals surface area contributed by atoms with Crippen molar-refractivity contribution in [2.45, 2.75) is 109 Å². The van der Waals surface area contributed by atoms with Crippen molar-refractivity contribution < 1.29 is 19.2 Å². The number of carbonyl (C=O) groups is 4. The van der Waals surface area contributed by atoms with E-state index in [4.69, 9.17) is 17.3 Å². The monoisotopic (exact) mass is 693 g/mol. The Morgan fingerprint density at radius 3 is 2.56 bits per heavy atom. The summed E-state index contributed by atoms with van der Waals surface area (Å²) >= 11 is 7.60. The molecule has 9 nitrogen and oxygen atoms in total. The molecule has 48 heavy (non-hydrogen) atoms. The Bertz CT molecular complexity index is 1590. The van der Waals surface area contributed by atoms with Gasteiger partial charge in [0.1, 0.15) is 6.04 Å². The van der Waals surface area contributed by atoms with E-state index >= 15 is 0 Å². The molecule has 5 N–H and O–H groups in total. The van der Waals surface area contributed by atoms with E-state index in [-0.39, 0.29) is 48.8 Å². The minimum atomic E-state index is -0.903. The summed E-state index contributed by atoms with van der Waals surface area (Å²) in [7, 11) is 0. The van der Waals surface area contributed by atoms with Crippen LogP contribution in [0.4, 0.5) is 0 Å². The summed E-state index contributed by atoms with van der Waals surface area (Å²) in [4.78, 5) is 59.2. The maximum atomic E-state index is 14.2. The maximum Gasteiger partial charge on any atom is 0.243 e. The molecule has 2 aliphatic rings. The molecule has 1 heterocycles. The van der Waals surface area contributed by atoms with Crippen LogP contribution in [0, 0.1) is 11.8 Å². The lowest BCUT2D eigenvalue weighted by Gasteiger charge is -2.30. The zero-order valence-corrected chi connectivity index (χ0v) is 29.3. The number of aromatic nitrogens is 1. The summed E-state index contributed by atoms with van der Waals surface area (Å²) in [6, 6.07) is 11.9. The number of benzene rings is 2. The van der Waals surface area contributed by atoms with Crippen LogP contribution in [0.5, 0.6) is 0 Å². The first-order valence-electron chi connectivity index (χ1n) is 17.5. The average molecular weight is 694 g/mol. The molecule has 1 saturated carbocycles. The van der Waals surface area contributed by atoms with E-state index in [9.17, 15) is 19.2 Å². The average Bonchev–Trinajstić information content (AvgIpc) is 3.76. The van der Waals surface area contributed by atoms with Gasteiger partial charge in [0.25, 0.3) is 0 Å². The molecule has 4 atom stereocenters. The number of nitrogens with one attached hydrogen (secondary N) is 3. The van der Waals surface area contributed by atoms with Crippen LogP contribution in [0.25, 0.3) is 10.2 Å². The number of carbonyl (C=O) groups excluding carboxylic acids is 4. The summed E-state index contributed by atoms with van der Waals surface area (Å²) in [5.41, 5.74) is 8.96. The summed E-state index contributed by atoms with van der Waals surface area (Å²) in [5, 5.41) is 10.5. The summed E-state index contributed by atoms with van der Waals surface area (Å²) in [5.74, 6) is -1.48. The predicted molar refractivity (Wildman–Crippen MR) is 191 cm³/mol. The predicted octanol–water partition coefficient (Wildman–Crippen LogP) is 5.96. The molecule has 11 heteroatoms. The number of amides is 3. The second-order valence-electron chi connectivity index (χ2n) is 13.2. The van der Waals surface area contributed by atoms with Crippen molar-refractivity contribution in [3.8, 4) is 0 Å². The van der Waals surface area contributed by atoms with E-state index < -0.39 is 23.9 Å². The van der Waals surface area contributed by atoms with Gasteiger partial charge < -0.3 is 21.7 Å². The highest BCUT2D eigenvalue weighted by molar-refractivity contribution is 7.18. The Balaban J connectivity index is 1.32. The van der Waals surface area contributed by atoms with Crippen LogP contribution in [0.15, 0.2) is 42.5 Å². The van der Waals surface area contributed by atoms with E-state index in [1.807, 2.05) is 24.3 Å². The quantitative estimate of drug-likeness (QED) is 0.136. The lowest BCUT2D eigenvalue weighted by Crippen LogP contribution is -2.54. The lowest BCUT2D eigenvalue weighted by atomic mass is 9.85. The number of hydrogen-bond donors (Lipinski definition) is 4. The van der Waals surface area contributed by atoms with E-state index in [0.717, 1.165) is 73.6 Å². The number of rotatable bonds is 16. The molecule has 0 saturated heterocycles. The fourth-order valence-electron chi connectivity index (χ4n) is 7.14. The number of aryl methyl sites for hydroxylation is 1. The van der Waals surface area contributed by atoms with Gasteiger partial charge in [-0.15, -0.1) is 11.3 Å². The largest absolute Gasteiger partial charge is 0.349 e. The minimum absolute atomic E-state index is 0.0217. The van der Waals surface area contributed by atoms with Gasteiger partial charge >= 0.3 is 0 Å². The molecule has 2 aliphatic carbocycles. The highest BCUT2D eigenvalue weighted by Crippen LogP contribution is 2.32. The van der Waals surface area contributed by atoms with E-state index in [1.165, 1.54) is 16.9 Å². The standard InChI is InChI=1S/C37H48ClN5O4S/c1-2-33(45)40-30(22-34-41-29-18-17-26(38)21-32(29)48-34)37(47)43-35(24-11-3-4-12-24)31(44)20-25(13-7-8-19-39)36(46)42-28-16-9-14-23-10-5-6-15-27(23)28/h5-6,10,15,17-18,21,24-25,28,30,35H,2-4,7-9,11-14,16,19-20,22,39H2,1H3,(H,40,45)(H,42,46)(H,43,47)/t25-,28-,30+,35+/m1/s1. The van der Waals surface area contributed by atoms with Crippen molar-refractivity contribution in [3.63, 3.8) is 0 Å². The minimum Gasteiger partial charge on any atom is -0.349 e. The topological polar surface area (TPSA) is 143 Å². The van der Waals surface area contributed by atoms with Crippen LogP contribution in [0.3, 0.4) is 0 Å². The van der Waals surface area contributed by atoms with Gasteiger partial charge in [-0.25, -0.2) is 4.98 Å². The van der Waals surface area contributed by atoms with Crippen LogP contribution < -0.4 is 21.7 Å². The second kappa shape index (κ2) is 17.4. The van der Waals surface area contributed by atoms with Crippen molar-refractivity contribution in [2.24, 2.45) is 17.6 Å². The first-order chi connectivity index (χ1) is 23.2. The molecule has 0 aliphatic heterocycles. The van der Waals surface area contributed by atoms with Crippen LogP contribution >= 0.6 is 22.9 Å². The van der Waals surface area contributed by atoms with Gasteiger partial charge in [0.2, 0.25) is 17.7 Å². The first-order valence-corrected chi connectivity index (χ1v) is 18.7. The van der Waals surface area contributed by atoms with Gasteiger partial charge in [0, 0.05) is 30.2 Å². The van der Waals surface area contributed by atoms with Crippen molar-refractivity contribution in [1.82, 2.24) is 20.9 Å². The molecule has 1 aromatic heterocycles. The van der Waals surface area contributed by atoms with Crippen LogP contribution in [0.1, 0.15) is 99.7 Å². The maximum absolute atomic E-state index is 14.2. The lowest BCUT2D eigenvalue weighted by molar-refractivity contribution is -0.134. The number of thiazole rings is 1. The number of unbranched alkanes of at least 4 members (excludes halogenated alkanes) is 1. The zero-order chi connectivity index (χ0) is 34.0. The molecule has 1 fully saturated rings. The molecule has 0 radical (unpaired) electrons. The van der Waals surface area contributed by atoms with E-state index in [1.54, 1.807) is 13.0 Å². The van der Waals surface area contributed by atoms with Crippen molar-refractivity contribution in [1.29, 1.82) is 0 Å². The third kappa shape index (κ3) is 9.42. The molecule has 0 unspecified atom stereocenters. The number of hydrogen-bond acceptors (Lipinski definition) is 7. The second-order valence-corrected chi connectivity index (χ2v) is 14.8. The number of nitrogens with two attached hydrogens (primary N) is 1. The van der Waals surface area contributed by atoms with Gasteiger partial charge in [-0.2, -0.15) is 0 Å². The van der Waals surface area contributed by atoms with Crippen LogP contribution in [-0.4, -0.2) is 47.1 Å². The SMILES string of the molecule is CCC(=O)N[C@@H](Cc1nc2ccc(Cl)cc2s1)C(=O)N[C@H](C(=O)C[C@@H](CCCCN)C(=O)N[C@@H]1CCCc2ccccc21)C1CCCC1. The number of nitrogens with zero attached hydrogens (tertiary/aromatic N) is 1. The first kappa shape index (κ1) is 36.0. The summed E-state index contributed by atoms with van der Waals surface area (Å²) < 4.78 is 0.896. The molecular formula is C37H48ClN5O4S. The Morgan fingerprint density at radius 2 is 1.79 bits per heavy atom. The number of ketones is 1. The van der Waals surface area contributed by atoms with E-state index in [2.05, 4.69) is 33.1 Å². The van der Waals surface area contributed by atoms with Crippen molar-refractivity contribution in [3.05, 3.63) is 63.6 Å². The van der Waals surface area contributed by atoms with Gasteiger partial charge in [-0.3, -0.25) is 19.2 Å². The number of Topliss-reactive ketones (excluding diaryl/α,β-unsaturated/α-hetero) is 1. The van der Waals surface area contributed by atoms with E-state index in [0.29, 0.717) is 23.0 Å². The Morgan fingerprint density at radius 1 is 1.00 bits per heavy atom. The van der Waals surface area contributed by atoms with Crippen molar-refractivity contribution >= 4 is 56.7 Å².